The van der Waals surface area contributed by atoms with Gasteiger partial charge in [-0.05, 0) is 39.4 Å². The molecule has 2 fully saturated rings. The second kappa shape index (κ2) is 6.12. The highest BCUT2D eigenvalue weighted by molar-refractivity contribution is 8.00. The summed E-state index contributed by atoms with van der Waals surface area (Å²) in [6, 6.07) is 0. The van der Waals surface area contributed by atoms with Crippen LogP contribution in [-0.2, 0) is 0 Å². The normalized spacial score (nSPS) is 40.7. The molecule has 0 amide bonds. The van der Waals surface area contributed by atoms with E-state index in [1.54, 1.807) is 0 Å². The molecular weight excluding hydrogens is 242 g/mol. The molecule has 2 aliphatic heterocycles. The highest BCUT2D eigenvalue weighted by atomic mass is 32.2. The molecule has 2 aliphatic rings. The van der Waals surface area contributed by atoms with Gasteiger partial charge in [-0.1, -0.05) is 13.8 Å². The van der Waals surface area contributed by atoms with E-state index >= 15 is 0 Å². The minimum Gasteiger partial charge on any atom is -0.329 e. The maximum atomic E-state index is 6.21. The summed E-state index contributed by atoms with van der Waals surface area (Å²) in [6.45, 7) is 10.4. The fourth-order valence-corrected chi connectivity index (χ4v) is 4.85. The van der Waals surface area contributed by atoms with Gasteiger partial charge in [-0.2, -0.15) is 11.8 Å². The molecule has 0 spiro atoms. The SMILES string of the molecule is CC1CN(C2(CN)CCCN(C)CC2)CC(C)S1. The van der Waals surface area contributed by atoms with Gasteiger partial charge in [0.1, 0.15) is 0 Å². The van der Waals surface area contributed by atoms with Crippen molar-refractivity contribution in [2.24, 2.45) is 5.73 Å². The van der Waals surface area contributed by atoms with Gasteiger partial charge >= 0.3 is 0 Å². The zero-order valence-electron chi connectivity index (χ0n) is 12.2. The van der Waals surface area contributed by atoms with Gasteiger partial charge in [0.05, 0.1) is 0 Å². The third-order valence-electron chi connectivity index (χ3n) is 4.61. The number of thioether (sulfide) groups is 1. The lowest BCUT2D eigenvalue weighted by molar-refractivity contribution is 0.0769. The van der Waals surface area contributed by atoms with Crippen LogP contribution in [0.3, 0.4) is 0 Å². The van der Waals surface area contributed by atoms with E-state index in [9.17, 15) is 0 Å². The summed E-state index contributed by atoms with van der Waals surface area (Å²) in [6.07, 6.45) is 3.81. The number of nitrogens with two attached hydrogens (primary N) is 1. The lowest BCUT2D eigenvalue weighted by atomic mass is 9.87. The van der Waals surface area contributed by atoms with E-state index in [1.165, 1.54) is 45.4 Å². The summed E-state index contributed by atoms with van der Waals surface area (Å²) in [5, 5.41) is 1.50. The Morgan fingerprint density at radius 1 is 1.17 bits per heavy atom. The van der Waals surface area contributed by atoms with Crippen molar-refractivity contribution in [1.82, 2.24) is 9.80 Å². The molecule has 0 aliphatic carbocycles. The molecule has 0 aromatic rings. The number of likely N-dealkylation sites (tertiary alicyclic amines) is 1. The third kappa shape index (κ3) is 3.21. The highest BCUT2D eigenvalue weighted by Gasteiger charge is 2.39. The minimum atomic E-state index is 0.272. The van der Waals surface area contributed by atoms with Gasteiger partial charge in [0.25, 0.3) is 0 Å². The molecule has 2 saturated heterocycles. The van der Waals surface area contributed by atoms with Crippen LogP contribution in [0.1, 0.15) is 33.1 Å². The van der Waals surface area contributed by atoms with E-state index in [4.69, 9.17) is 5.73 Å². The average molecular weight is 271 g/mol. The fourth-order valence-electron chi connectivity index (χ4n) is 3.53. The molecule has 18 heavy (non-hydrogen) atoms. The Morgan fingerprint density at radius 3 is 2.44 bits per heavy atom. The summed E-state index contributed by atoms with van der Waals surface area (Å²) in [5.41, 5.74) is 6.48. The summed E-state index contributed by atoms with van der Waals surface area (Å²) in [7, 11) is 2.24. The highest BCUT2D eigenvalue weighted by Crippen LogP contribution is 2.34. The first-order valence-corrected chi connectivity index (χ1v) is 8.29. The lowest BCUT2D eigenvalue weighted by Gasteiger charge is -2.48. The molecule has 106 valence electrons. The van der Waals surface area contributed by atoms with Crippen LogP contribution in [0.5, 0.6) is 0 Å². The van der Waals surface area contributed by atoms with Crippen molar-refractivity contribution in [1.29, 1.82) is 0 Å². The van der Waals surface area contributed by atoms with Crippen LogP contribution in [0.15, 0.2) is 0 Å². The Balaban J connectivity index is 2.10. The smallest absolute Gasteiger partial charge is 0.0345 e. The topological polar surface area (TPSA) is 32.5 Å². The number of rotatable bonds is 2. The maximum Gasteiger partial charge on any atom is 0.0345 e. The van der Waals surface area contributed by atoms with Gasteiger partial charge in [-0.15, -0.1) is 0 Å². The number of hydrogen-bond donors (Lipinski definition) is 1. The zero-order chi connectivity index (χ0) is 13.2. The Bertz CT molecular complexity index is 264. The standard InChI is InChI=1S/C14H29N3S/c1-12-9-17(10-13(2)18-12)14(11-15)5-4-7-16(3)8-6-14/h12-13H,4-11,15H2,1-3H3. The average Bonchev–Trinajstić information content (AvgIpc) is 2.51. The van der Waals surface area contributed by atoms with Gasteiger partial charge in [0.2, 0.25) is 0 Å². The minimum absolute atomic E-state index is 0.272. The molecule has 0 aromatic heterocycles. The van der Waals surface area contributed by atoms with Crippen LogP contribution in [-0.4, -0.2) is 65.6 Å². The van der Waals surface area contributed by atoms with Gasteiger partial charge in [0, 0.05) is 35.7 Å². The van der Waals surface area contributed by atoms with Crippen molar-refractivity contribution >= 4 is 11.8 Å². The third-order valence-corrected chi connectivity index (χ3v) is 5.84. The molecule has 0 aromatic carbocycles. The Kier molecular flexibility index (Phi) is 4.98. The van der Waals surface area contributed by atoms with E-state index in [-0.39, 0.29) is 5.54 Å². The second-order valence-corrected chi connectivity index (χ2v) is 8.13. The van der Waals surface area contributed by atoms with Crippen molar-refractivity contribution < 1.29 is 0 Å². The van der Waals surface area contributed by atoms with Crippen molar-refractivity contribution in [3.05, 3.63) is 0 Å². The van der Waals surface area contributed by atoms with Crippen molar-refractivity contribution in [3.63, 3.8) is 0 Å². The van der Waals surface area contributed by atoms with Crippen LogP contribution in [0.4, 0.5) is 0 Å². The maximum absolute atomic E-state index is 6.21. The molecule has 0 bridgehead atoms. The molecule has 3 atom stereocenters. The summed E-state index contributed by atoms with van der Waals surface area (Å²) < 4.78 is 0. The van der Waals surface area contributed by atoms with Gasteiger partial charge in [-0.3, -0.25) is 4.90 Å². The molecule has 3 unspecified atom stereocenters. The quantitative estimate of drug-likeness (QED) is 0.827. The second-order valence-electron chi connectivity index (χ2n) is 6.25. The van der Waals surface area contributed by atoms with Crippen LogP contribution >= 0.6 is 11.8 Å². The number of nitrogens with zero attached hydrogens (tertiary/aromatic N) is 2. The molecule has 0 saturated carbocycles. The van der Waals surface area contributed by atoms with Crippen molar-refractivity contribution in [3.8, 4) is 0 Å². The first-order valence-electron chi connectivity index (χ1n) is 7.35. The summed E-state index contributed by atoms with van der Waals surface area (Å²) in [5.74, 6) is 0. The largest absolute Gasteiger partial charge is 0.329 e. The van der Waals surface area contributed by atoms with E-state index in [2.05, 4.69) is 42.5 Å². The molecular formula is C14H29N3S. The first kappa shape index (κ1) is 14.6. The monoisotopic (exact) mass is 271 g/mol. The van der Waals surface area contributed by atoms with Crippen LogP contribution in [0.2, 0.25) is 0 Å². The van der Waals surface area contributed by atoms with Gasteiger partial charge < -0.3 is 10.6 Å². The summed E-state index contributed by atoms with van der Waals surface area (Å²) in [4.78, 5) is 5.18. The van der Waals surface area contributed by atoms with E-state index in [0.717, 1.165) is 17.0 Å². The van der Waals surface area contributed by atoms with Crippen LogP contribution in [0, 0.1) is 0 Å². The van der Waals surface area contributed by atoms with Crippen molar-refractivity contribution in [2.75, 3.05) is 39.8 Å². The Hall–Kier alpha value is 0.230. The Morgan fingerprint density at radius 2 is 1.83 bits per heavy atom. The van der Waals surface area contributed by atoms with E-state index < -0.39 is 0 Å². The summed E-state index contributed by atoms with van der Waals surface area (Å²) >= 11 is 2.13. The molecule has 3 nitrogen and oxygen atoms in total. The molecule has 4 heteroatoms. The molecule has 2 rings (SSSR count). The zero-order valence-corrected chi connectivity index (χ0v) is 13.0. The predicted octanol–water partition coefficient (Wildman–Crippen LogP) is 1.63. The number of hydrogen-bond acceptors (Lipinski definition) is 4. The fraction of sp³-hybridized carbons (Fsp3) is 1.00. The van der Waals surface area contributed by atoms with E-state index in [0.29, 0.717) is 0 Å². The molecule has 2 N–H and O–H groups in total. The van der Waals surface area contributed by atoms with Crippen LogP contribution < -0.4 is 5.73 Å². The van der Waals surface area contributed by atoms with Crippen LogP contribution in [0.25, 0.3) is 0 Å². The molecule has 0 radical (unpaired) electrons. The Labute approximate surface area is 116 Å². The van der Waals surface area contributed by atoms with Crippen molar-refractivity contribution in [2.45, 2.75) is 49.1 Å². The van der Waals surface area contributed by atoms with E-state index in [1.807, 2.05) is 0 Å². The lowest BCUT2D eigenvalue weighted by Crippen LogP contribution is -2.59. The molecule has 2 heterocycles. The first-order chi connectivity index (χ1) is 8.55. The van der Waals surface area contributed by atoms with Gasteiger partial charge in [-0.25, -0.2) is 0 Å². The predicted molar refractivity (Wildman–Crippen MR) is 81.2 cm³/mol. The van der Waals surface area contributed by atoms with Gasteiger partial charge in [0.15, 0.2) is 0 Å².